The van der Waals surface area contributed by atoms with Crippen LogP contribution >= 0.6 is 0 Å². The van der Waals surface area contributed by atoms with E-state index in [9.17, 15) is 26.7 Å². The molecule has 36 heavy (non-hydrogen) atoms. The topological polar surface area (TPSA) is 49.6 Å². The van der Waals surface area contributed by atoms with E-state index in [1.54, 1.807) is 29.2 Å². The van der Waals surface area contributed by atoms with E-state index in [-0.39, 0.29) is 42.0 Å². The summed E-state index contributed by atoms with van der Waals surface area (Å²) in [5.41, 5.74) is 7.63. The van der Waals surface area contributed by atoms with E-state index >= 15 is 0 Å². The van der Waals surface area contributed by atoms with E-state index in [1.807, 2.05) is 0 Å². The normalized spacial score (nSPS) is 15.4. The number of benzene rings is 3. The predicted molar refractivity (Wildman–Crippen MR) is 125 cm³/mol. The molecule has 4 nitrogen and oxygen atoms in total. The van der Waals surface area contributed by atoms with Crippen LogP contribution in [-0.4, -0.2) is 47.9 Å². The predicted octanol–water partition coefficient (Wildman–Crippen LogP) is 4.58. The summed E-state index contributed by atoms with van der Waals surface area (Å²) in [5.74, 6) is -4.28. The third-order valence-corrected chi connectivity index (χ3v) is 6.41. The van der Waals surface area contributed by atoms with Crippen LogP contribution in [0.2, 0.25) is 0 Å². The maximum absolute atomic E-state index is 13.9. The molecule has 0 radical (unpaired) electrons. The molecule has 0 aliphatic carbocycles. The van der Waals surface area contributed by atoms with Crippen LogP contribution in [0.5, 0.6) is 0 Å². The van der Waals surface area contributed by atoms with Crippen LogP contribution in [-0.2, 0) is 11.2 Å². The first-order chi connectivity index (χ1) is 17.2. The first-order valence-electron chi connectivity index (χ1n) is 11.6. The Hall–Kier alpha value is -3.30. The molecular weight excluding hydrogens is 477 g/mol. The Morgan fingerprint density at radius 2 is 1.25 bits per heavy atom. The maximum atomic E-state index is 13.9. The van der Waals surface area contributed by atoms with Gasteiger partial charge >= 0.3 is 0 Å². The average molecular weight is 504 g/mol. The fraction of sp³-hybridized carbons (Fsp3) is 0.296. The quantitative estimate of drug-likeness (QED) is 0.380. The van der Waals surface area contributed by atoms with Gasteiger partial charge in [-0.15, -0.1) is 0 Å². The minimum Gasteiger partial charge on any atom is -0.340 e. The number of carbonyl (C=O) groups excluding carboxylic acids is 1. The van der Waals surface area contributed by atoms with Crippen LogP contribution < -0.4 is 5.73 Å². The van der Waals surface area contributed by atoms with Crippen molar-refractivity contribution >= 4 is 5.91 Å². The first kappa shape index (κ1) is 25.8. The van der Waals surface area contributed by atoms with Gasteiger partial charge in [-0.2, -0.15) is 0 Å². The molecule has 3 aromatic carbocycles. The second-order valence-electron chi connectivity index (χ2n) is 8.95. The van der Waals surface area contributed by atoms with Gasteiger partial charge in [0.2, 0.25) is 5.91 Å². The van der Waals surface area contributed by atoms with Gasteiger partial charge in [-0.05, 0) is 53.4 Å². The number of piperazine rings is 1. The van der Waals surface area contributed by atoms with Gasteiger partial charge in [0.05, 0.1) is 6.04 Å². The second kappa shape index (κ2) is 11.2. The molecule has 0 unspecified atom stereocenters. The lowest BCUT2D eigenvalue weighted by atomic mass is 9.96. The van der Waals surface area contributed by atoms with Crippen molar-refractivity contribution in [1.82, 2.24) is 9.80 Å². The van der Waals surface area contributed by atoms with E-state index in [0.29, 0.717) is 32.2 Å². The molecule has 3 aromatic rings. The molecule has 0 bridgehead atoms. The summed E-state index contributed by atoms with van der Waals surface area (Å²) in [6.45, 7) is 1.84. The van der Waals surface area contributed by atoms with E-state index in [4.69, 9.17) is 5.73 Å². The fourth-order valence-electron chi connectivity index (χ4n) is 4.56. The van der Waals surface area contributed by atoms with E-state index in [2.05, 4.69) is 4.90 Å². The molecule has 0 aromatic heterocycles. The Balaban J connectivity index is 1.39. The summed E-state index contributed by atoms with van der Waals surface area (Å²) in [5, 5.41) is 0. The minimum atomic E-state index is -1.28. The number of rotatable bonds is 7. The number of halogens is 5. The van der Waals surface area contributed by atoms with Crippen molar-refractivity contribution < 1.29 is 26.7 Å². The lowest BCUT2D eigenvalue weighted by Gasteiger charge is -2.40. The van der Waals surface area contributed by atoms with Crippen LogP contribution in [0.4, 0.5) is 22.0 Å². The van der Waals surface area contributed by atoms with Gasteiger partial charge in [-0.25, -0.2) is 22.0 Å². The molecule has 1 saturated heterocycles. The molecular formula is C27H26F5N3O. The van der Waals surface area contributed by atoms with Crippen molar-refractivity contribution in [1.29, 1.82) is 0 Å². The smallest absolute Gasteiger partial charge is 0.224 e. The zero-order valence-electron chi connectivity index (χ0n) is 19.4. The van der Waals surface area contributed by atoms with Crippen LogP contribution in [0.3, 0.4) is 0 Å². The van der Waals surface area contributed by atoms with E-state index < -0.39 is 23.5 Å². The lowest BCUT2D eigenvalue weighted by molar-refractivity contribution is -0.133. The fourth-order valence-corrected chi connectivity index (χ4v) is 4.56. The molecule has 1 heterocycles. The molecule has 0 spiro atoms. The van der Waals surface area contributed by atoms with Crippen molar-refractivity contribution in [2.24, 2.45) is 5.73 Å². The van der Waals surface area contributed by atoms with Gasteiger partial charge in [0.1, 0.15) is 17.5 Å². The Morgan fingerprint density at radius 1 is 0.750 bits per heavy atom. The molecule has 1 fully saturated rings. The highest BCUT2D eigenvalue weighted by Gasteiger charge is 2.29. The van der Waals surface area contributed by atoms with Crippen LogP contribution in [0.15, 0.2) is 60.7 Å². The van der Waals surface area contributed by atoms with Crippen molar-refractivity contribution in [3.63, 3.8) is 0 Å². The number of nitrogens with two attached hydrogens (primary N) is 1. The highest BCUT2D eigenvalue weighted by molar-refractivity contribution is 5.77. The summed E-state index contributed by atoms with van der Waals surface area (Å²) < 4.78 is 67.5. The Morgan fingerprint density at radius 3 is 1.78 bits per heavy atom. The largest absolute Gasteiger partial charge is 0.340 e. The van der Waals surface area contributed by atoms with Gasteiger partial charge in [0, 0.05) is 44.7 Å². The molecule has 9 heteroatoms. The van der Waals surface area contributed by atoms with E-state index in [0.717, 1.165) is 17.2 Å². The van der Waals surface area contributed by atoms with E-state index in [1.165, 1.54) is 24.3 Å². The standard InChI is InChI=1S/C27H26F5N3O/c28-20-5-1-17(2-6-20)27(18-3-7-21(29)8-4-18)35-11-9-34(10-12-35)26(36)15-22(33)13-19-14-24(31)25(32)16-23(19)30/h1-8,14,16,22,27H,9-13,15,33H2/t22-/m1/s1. The zero-order chi connectivity index (χ0) is 25.8. The number of amides is 1. The summed E-state index contributed by atoms with van der Waals surface area (Å²) in [6, 6.07) is 12.5. The summed E-state index contributed by atoms with van der Waals surface area (Å²) in [7, 11) is 0. The van der Waals surface area contributed by atoms with Crippen LogP contribution in [0.1, 0.15) is 29.2 Å². The van der Waals surface area contributed by atoms with Crippen molar-refractivity contribution in [3.8, 4) is 0 Å². The van der Waals surface area contributed by atoms with Gasteiger partial charge in [0.25, 0.3) is 0 Å². The molecule has 1 aliphatic rings. The molecule has 2 N–H and O–H groups in total. The highest BCUT2D eigenvalue weighted by atomic mass is 19.2. The molecule has 1 atom stereocenters. The average Bonchev–Trinajstić information content (AvgIpc) is 2.85. The Kier molecular flexibility index (Phi) is 8.01. The Bertz CT molecular complexity index is 1150. The summed E-state index contributed by atoms with van der Waals surface area (Å²) in [4.78, 5) is 16.6. The number of nitrogens with zero attached hydrogens (tertiary/aromatic N) is 2. The highest BCUT2D eigenvalue weighted by Crippen LogP contribution is 2.30. The molecule has 0 saturated carbocycles. The van der Waals surface area contributed by atoms with Gasteiger partial charge < -0.3 is 10.6 Å². The van der Waals surface area contributed by atoms with Gasteiger partial charge in [-0.3, -0.25) is 9.69 Å². The summed E-state index contributed by atoms with van der Waals surface area (Å²) >= 11 is 0. The van der Waals surface area contributed by atoms with Gasteiger partial charge in [-0.1, -0.05) is 24.3 Å². The monoisotopic (exact) mass is 503 g/mol. The van der Waals surface area contributed by atoms with Crippen molar-refractivity contribution in [3.05, 3.63) is 106 Å². The van der Waals surface area contributed by atoms with Crippen LogP contribution in [0.25, 0.3) is 0 Å². The molecule has 190 valence electrons. The minimum absolute atomic E-state index is 0.0716. The van der Waals surface area contributed by atoms with Gasteiger partial charge in [0.15, 0.2) is 11.6 Å². The maximum Gasteiger partial charge on any atom is 0.224 e. The third kappa shape index (κ3) is 6.09. The molecule has 1 aliphatic heterocycles. The third-order valence-electron chi connectivity index (χ3n) is 6.41. The Labute approximate surface area is 206 Å². The SMILES string of the molecule is N[C@@H](CC(=O)N1CCN(C(c2ccc(F)cc2)c2ccc(F)cc2)CC1)Cc1cc(F)c(F)cc1F. The van der Waals surface area contributed by atoms with Crippen molar-refractivity contribution in [2.45, 2.75) is 24.9 Å². The second-order valence-corrected chi connectivity index (χ2v) is 8.95. The zero-order valence-corrected chi connectivity index (χ0v) is 19.4. The molecule has 4 rings (SSSR count). The lowest BCUT2D eigenvalue weighted by Crippen LogP contribution is -2.50. The number of hydrogen-bond donors (Lipinski definition) is 1. The summed E-state index contributed by atoms with van der Waals surface area (Å²) in [6.07, 6.45) is -0.177. The van der Waals surface area contributed by atoms with Crippen molar-refractivity contribution in [2.75, 3.05) is 26.2 Å². The van der Waals surface area contributed by atoms with Crippen LogP contribution in [0, 0.1) is 29.1 Å². The number of hydrogen-bond acceptors (Lipinski definition) is 3. The first-order valence-corrected chi connectivity index (χ1v) is 11.6. The molecule has 1 amide bonds. The number of carbonyl (C=O) groups is 1.